The van der Waals surface area contributed by atoms with Crippen LogP contribution in [0.2, 0.25) is 0 Å². The largest absolute Gasteiger partial charge is 0.529 e. The molecule has 0 spiro atoms. The minimum atomic E-state index is -4.68. The molecular formula is C6H9O6PSi. The van der Waals surface area contributed by atoms with Crippen LogP contribution in [0.1, 0.15) is 0 Å². The molecule has 0 unspecified atom stereocenters. The maximum Gasteiger partial charge on any atom is 0.529 e. The summed E-state index contributed by atoms with van der Waals surface area (Å²) in [4.78, 5) is 44.5. The summed E-state index contributed by atoms with van der Waals surface area (Å²) in [6.45, 7) is 0. The van der Waals surface area contributed by atoms with Crippen LogP contribution in [-0.4, -0.2) is 33.0 Å². The van der Waals surface area contributed by atoms with Gasteiger partial charge in [-0.1, -0.05) is 18.2 Å². The molecule has 78 valence electrons. The predicted octanol–water partition coefficient (Wildman–Crippen LogP) is -2.39. The van der Waals surface area contributed by atoms with Crippen LogP contribution in [0, 0.1) is 0 Å². The van der Waals surface area contributed by atoms with E-state index in [0.717, 1.165) is 12.1 Å². The molecule has 0 atom stereocenters. The van der Waals surface area contributed by atoms with Crippen molar-refractivity contribution in [1.29, 1.82) is 0 Å². The topological polar surface area (TPSA) is 118 Å². The first kappa shape index (κ1) is 11.5. The van der Waals surface area contributed by atoms with Crippen molar-refractivity contribution in [3.8, 4) is 0 Å². The first-order chi connectivity index (χ1) is 6.23. The van der Waals surface area contributed by atoms with Crippen LogP contribution in [0.25, 0.3) is 0 Å². The van der Waals surface area contributed by atoms with E-state index in [1.54, 1.807) is 0 Å². The molecule has 0 saturated carbocycles. The maximum absolute atomic E-state index is 10.9. The first-order valence-electron chi connectivity index (χ1n) is 3.55. The highest BCUT2D eigenvalue weighted by Gasteiger charge is 2.37. The maximum atomic E-state index is 10.9. The highest BCUT2D eigenvalue weighted by Crippen LogP contribution is 2.32. The predicted molar refractivity (Wildman–Crippen MR) is 50.2 cm³/mol. The fourth-order valence-corrected chi connectivity index (χ4v) is 3.31. The summed E-state index contributed by atoms with van der Waals surface area (Å²) in [5.41, 5.74) is 0. The van der Waals surface area contributed by atoms with Gasteiger partial charge in [-0.15, -0.1) is 0 Å². The monoisotopic (exact) mass is 236 g/mol. The Bertz CT molecular complexity index is 380. The first-order valence-corrected chi connectivity index (χ1v) is 7.01. The molecule has 6 nitrogen and oxygen atoms in total. The lowest BCUT2D eigenvalue weighted by Gasteiger charge is -2.14. The van der Waals surface area contributed by atoms with Gasteiger partial charge in [0.1, 0.15) is 0 Å². The zero-order valence-corrected chi connectivity index (χ0v) is 8.80. The van der Waals surface area contributed by atoms with Crippen molar-refractivity contribution in [1.82, 2.24) is 0 Å². The van der Waals surface area contributed by atoms with Crippen molar-refractivity contribution < 1.29 is 28.7 Å². The number of hydrogen-bond donors (Lipinski definition) is 5. The SMILES string of the molecule is O=P(O)(O)c1ccccc1[Si](O)(O)O. The second-order valence-corrected chi connectivity index (χ2v) is 6.08. The smallest absolute Gasteiger partial charge is 0.386 e. The molecule has 0 aromatic heterocycles. The number of rotatable bonds is 2. The zero-order chi connectivity index (χ0) is 11.0. The summed E-state index contributed by atoms with van der Waals surface area (Å²) in [5.74, 6) is 0. The molecule has 8 heteroatoms. The molecule has 0 aliphatic heterocycles. The Hall–Kier alpha value is -0.533. The zero-order valence-electron chi connectivity index (χ0n) is 6.90. The fourth-order valence-electron chi connectivity index (χ4n) is 1.01. The Morgan fingerprint density at radius 2 is 1.57 bits per heavy atom. The standard InChI is InChI=1S/C6H9O6PSi/c7-13(8,9)5-3-1-2-4-6(5)14(10,11)12/h1-4,10-12H,(H2,7,8,9). The average Bonchev–Trinajstić information content (AvgIpc) is 2.01. The number of benzene rings is 1. The molecule has 1 aromatic carbocycles. The molecule has 0 heterocycles. The third-order valence-corrected chi connectivity index (χ3v) is 3.97. The Kier molecular flexibility index (Phi) is 2.93. The minimum absolute atomic E-state index is 0.492. The molecule has 0 radical (unpaired) electrons. The molecule has 0 fully saturated rings. The van der Waals surface area contributed by atoms with E-state index in [9.17, 15) is 4.57 Å². The summed E-state index contributed by atoms with van der Waals surface area (Å²) in [5, 5.41) is -1.05. The lowest BCUT2D eigenvalue weighted by molar-refractivity contribution is 0.249. The van der Waals surface area contributed by atoms with E-state index >= 15 is 0 Å². The number of hydrogen-bond acceptors (Lipinski definition) is 4. The van der Waals surface area contributed by atoms with Crippen molar-refractivity contribution in [3.63, 3.8) is 0 Å². The van der Waals surface area contributed by atoms with Crippen LogP contribution in [0.4, 0.5) is 0 Å². The van der Waals surface area contributed by atoms with Crippen molar-refractivity contribution in [2.24, 2.45) is 0 Å². The lowest BCUT2D eigenvalue weighted by Crippen LogP contribution is -2.54. The van der Waals surface area contributed by atoms with Gasteiger partial charge in [0.05, 0.1) is 5.30 Å². The van der Waals surface area contributed by atoms with E-state index in [-0.39, 0.29) is 0 Å². The van der Waals surface area contributed by atoms with Crippen LogP contribution in [0.15, 0.2) is 24.3 Å². The molecule has 14 heavy (non-hydrogen) atoms. The summed E-state index contributed by atoms with van der Waals surface area (Å²) >= 11 is 0. The normalized spacial score (nSPS) is 12.9. The fraction of sp³-hybridized carbons (Fsp3) is 0. The summed E-state index contributed by atoms with van der Waals surface area (Å²) in [6, 6.07) is 4.79. The van der Waals surface area contributed by atoms with E-state index < -0.39 is 26.9 Å². The average molecular weight is 236 g/mol. The van der Waals surface area contributed by atoms with E-state index in [2.05, 4.69) is 0 Å². The van der Waals surface area contributed by atoms with Gasteiger partial charge in [-0.2, -0.15) is 0 Å². The summed E-state index contributed by atoms with van der Waals surface area (Å²) < 4.78 is 10.9. The summed E-state index contributed by atoms with van der Waals surface area (Å²) in [7, 11) is -9.28. The molecule has 0 aliphatic rings. The van der Waals surface area contributed by atoms with E-state index in [1.165, 1.54) is 12.1 Å². The minimum Gasteiger partial charge on any atom is -0.386 e. The van der Waals surface area contributed by atoms with E-state index in [4.69, 9.17) is 24.2 Å². The molecule has 1 rings (SSSR count). The van der Waals surface area contributed by atoms with Gasteiger partial charge in [-0.25, -0.2) is 0 Å². The Labute approximate surface area is 80.6 Å². The quantitative estimate of drug-likeness (QED) is 0.289. The second-order valence-electron chi connectivity index (χ2n) is 2.70. The van der Waals surface area contributed by atoms with Gasteiger partial charge < -0.3 is 24.2 Å². The second kappa shape index (κ2) is 3.56. The van der Waals surface area contributed by atoms with Crippen LogP contribution in [-0.2, 0) is 4.57 Å². The van der Waals surface area contributed by atoms with Gasteiger partial charge >= 0.3 is 16.4 Å². The third-order valence-electron chi connectivity index (χ3n) is 1.58. The summed E-state index contributed by atoms with van der Waals surface area (Å²) in [6.07, 6.45) is 0. The van der Waals surface area contributed by atoms with Crippen molar-refractivity contribution in [3.05, 3.63) is 24.3 Å². The molecule has 0 amide bonds. The Morgan fingerprint density at radius 3 is 1.93 bits per heavy atom. The van der Waals surface area contributed by atoms with Crippen LogP contribution in [0.5, 0.6) is 0 Å². The van der Waals surface area contributed by atoms with E-state index in [0.29, 0.717) is 0 Å². The van der Waals surface area contributed by atoms with Crippen LogP contribution in [0.3, 0.4) is 0 Å². The van der Waals surface area contributed by atoms with Gasteiger partial charge in [0, 0.05) is 5.19 Å². The van der Waals surface area contributed by atoms with Gasteiger partial charge in [-0.3, -0.25) is 4.57 Å². The molecule has 0 bridgehead atoms. The van der Waals surface area contributed by atoms with Crippen molar-refractivity contribution >= 4 is 26.9 Å². The van der Waals surface area contributed by atoms with Crippen molar-refractivity contribution in [2.45, 2.75) is 0 Å². The van der Waals surface area contributed by atoms with Gasteiger partial charge in [0.2, 0.25) is 0 Å². The van der Waals surface area contributed by atoms with Crippen LogP contribution >= 0.6 is 7.60 Å². The third kappa shape index (κ3) is 2.49. The molecular weight excluding hydrogens is 227 g/mol. The van der Waals surface area contributed by atoms with Gasteiger partial charge in [0.15, 0.2) is 0 Å². The Balaban J connectivity index is 3.39. The van der Waals surface area contributed by atoms with Gasteiger partial charge in [0.25, 0.3) is 0 Å². The molecule has 0 aliphatic carbocycles. The Morgan fingerprint density at radius 1 is 1.07 bits per heavy atom. The highest BCUT2D eigenvalue weighted by molar-refractivity contribution is 7.61. The molecule has 0 saturated heterocycles. The van der Waals surface area contributed by atoms with E-state index in [1.807, 2.05) is 0 Å². The van der Waals surface area contributed by atoms with Gasteiger partial charge in [-0.05, 0) is 6.07 Å². The lowest BCUT2D eigenvalue weighted by atomic mass is 10.4. The van der Waals surface area contributed by atoms with Crippen molar-refractivity contribution in [2.75, 3.05) is 0 Å². The molecule has 1 aromatic rings. The highest BCUT2D eigenvalue weighted by atomic mass is 31.2. The van der Waals surface area contributed by atoms with Crippen LogP contribution < -0.4 is 10.5 Å². The molecule has 5 N–H and O–H groups in total.